The fourth-order valence-corrected chi connectivity index (χ4v) is 2.00. The van der Waals surface area contributed by atoms with E-state index in [1.807, 2.05) is 46.0 Å². The van der Waals surface area contributed by atoms with Crippen molar-refractivity contribution in [2.45, 2.75) is 39.5 Å². The number of nitrogens with zero attached hydrogens (tertiary/aromatic N) is 1. The zero-order chi connectivity index (χ0) is 15.0. The lowest BCUT2D eigenvalue weighted by molar-refractivity contribution is -0.00641. The quantitative estimate of drug-likeness (QED) is 0.754. The van der Waals surface area contributed by atoms with E-state index in [1.54, 1.807) is 0 Å². The minimum atomic E-state index is -0.471. The Morgan fingerprint density at radius 2 is 1.95 bits per heavy atom. The summed E-state index contributed by atoms with van der Waals surface area (Å²) in [6.07, 6.45) is -0.324. The lowest BCUT2D eigenvalue weighted by Crippen LogP contribution is -2.32. The van der Waals surface area contributed by atoms with E-state index in [0.29, 0.717) is 19.8 Å². The lowest BCUT2D eigenvalue weighted by Gasteiger charge is -2.22. The summed E-state index contributed by atoms with van der Waals surface area (Å²) in [6.45, 7) is 8.26. The van der Waals surface area contributed by atoms with E-state index in [-0.39, 0.29) is 6.10 Å². The fraction of sp³-hybridized carbons (Fsp3) is 0.625. The number of ether oxygens (including phenoxy) is 2. The van der Waals surface area contributed by atoms with Crippen LogP contribution in [0.5, 0.6) is 5.75 Å². The second kappa shape index (κ2) is 8.95. The van der Waals surface area contributed by atoms with Gasteiger partial charge in [-0.25, -0.2) is 0 Å². The van der Waals surface area contributed by atoms with Gasteiger partial charge < -0.3 is 14.6 Å². The highest BCUT2D eigenvalue weighted by atomic mass is 16.5. The van der Waals surface area contributed by atoms with Crippen molar-refractivity contribution in [3.05, 3.63) is 29.8 Å². The van der Waals surface area contributed by atoms with E-state index in [1.165, 1.54) is 0 Å². The van der Waals surface area contributed by atoms with Crippen LogP contribution < -0.4 is 4.74 Å². The first kappa shape index (κ1) is 17.0. The summed E-state index contributed by atoms with van der Waals surface area (Å²) in [4.78, 5) is 2.08. The van der Waals surface area contributed by atoms with Crippen molar-refractivity contribution in [2.75, 3.05) is 26.8 Å². The molecule has 1 rings (SSSR count). The maximum absolute atomic E-state index is 9.92. The van der Waals surface area contributed by atoms with Gasteiger partial charge in [0.2, 0.25) is 0 Å². The van der Waals surface area contributed by atoms with Crippen molar-refractivity contribution in [3.63, 3.8) is 0 Å². The molecule has 0 heterocycles. The van der Waals surface area contributed by atoms with Gasteiger partial charge in [0.05, 0.1) is 25.4 Å². The molecule has 0 aliphatic carbocycles. The topological polar surface area (TPSA) is 41.9 Å². The summed E-state index contributed by atoms with van der Waals surface area (Å²) in [5.74, 6) is 0.912. The van der Waals surface area contributed by atoms with Crippen LogP contribution in [0, 0.1) is 0 Å². The molecule has 0 saturated heterocycles. The van der Waals surface area contributed by atoms with Gasteiger partial charge in [0.25, 0.3) is 0 Å². The standard InChI is InChI=1S/C16H27NO3/c1-5-19-16-9-7-6-8-14(16)10-17(4)11-15(18)12-20-13(2)3/h6-9,13,15,18H,5,10-12H2,1-4H3. The summed E-state index contributed by atoms with van der Waals surface area (Å²) in [7, 11) is 1.99. The van der Waals surface area contributed by atoms with Gasteiger partial charge in [-0.1, -0.05) is 18.2 Å². The smallest absolute Gasteiger partial charge is 0.123 e. The third kappa shape index (κ3) is 6.37. The molecule has 0 spiro atoms. The molecule has 1 N–H and O–H groups in total. The SMILES string of the molecule is CCOc1ccccc1CN(C)CC(O)COC(C)C. The first-order valence-corrected chi connectivity index (χ1v) is 7.21. The average Bonchev–Trinajstić information content (AvgIpc) is 2.39. The van der Waals surface area contributed by atoms with E-state index in [9.17, 15) is 5.11 Å². The molecule has 0 bridgehead atoms. The molecule has 4 nitrogen and oxygen atoms in total. The number of aliphatic hydroxyl groups is 1. The van der Waals surface area contributed by atoms with Crippen molar-refractivity contribution < 1.29 is 14.6 Å². The molecule has 4 heteroatoms. The Morgan fingerprint density at radius 1 is 1.25 bits per heavy atom. The number of hydrogen-bond acceptors (Lipinski definition) is 4. The Labute approximate surface area is 122 Å². The first-order valence-electron chi connectivity index (χ1n) is 7.21. The van der Waals surface area contributed by atoms with E-state index < -0.39 is 6.10 Å². The molecule has 0 aromatic heterocycles. The van der Waals surface area contributed by atoms with E-state index in [2.05, 4.69) is 11.0 Å². The predicted octanol–water partition coefficient (Wildman–Crippen LogP) is 2.30. The maximum atomic E-state index is 9.92. The number of para-hydroxylation sites is 1. The minimum absolute atomic E-state index is 0.147. The van der Waals surface area contributed by atoms with Crippen LogP contribution >= 0.6 is 0 Å². The first-order chi connectivity index (χ1) is 9.52. The van der Waals surface area contributed by atoms with Crippen molar-refractivity contribution in [1.29, 1.82) is 0 Å². The predicted molar refractivity (Wildman–Crippen MR) is 81.0 cm³/mol. The van der Waals surface area contributed by atoms with Crippen LogP contribution in [0.25, 0.3) is 0 Å². The van der Waals surface area contributed by atoms with Crippen molar-refractivity contribution in [1.82, 2.24) is 4.90 Å². The third-order valence-corrected chi connectivity index (χ3v) is 2.86. The van der Waals surface area contributed by atoms with E-state index in [0.717, 1.165) is 17.9 Å². The normalized spacial score (nSPS) is 12.9. The Balaban J connectivity index is 2.47. The third-order valence-electron chi connectivity index (χ3n) is 2.86. The monoisotopic (exact) mass is 281 g/mol. The van der Waals surface area contributed by atoms with Crippen molar-refractivity contribution in [2.24, 2.45) is 0 Å². The average molecular weight is 281 g/mol. The molecule has 0 amide bonds. The summed E-state index contributed by atoms with van der Waals surface area (Å²) in [6, 6.07) is 8.01. The number of benzene rings is 1. The number of hydrogen-bond donors (Lipinski definition) is 1. The highest BCUT2D eigenvalue weighted by Gasteiger charge is 2.11. The van der Waals surface area contributed by atoms with Gasteiger partial charge in [0, 0.05) is 18.7 Å². The Hall–Kier alpha value is -1.10. The van der Waals surface area contributed by atoms with Gasteiger partial charge in [0.15, 0.2) is 0 Å². The molecule has 20 heavy (non-hydrogen) atoms. The largest absolute Gasteiger partial charge is 0.494 e. The molecule has 0 aliphatic heterocycles. The summed E-state index contributed by atoms with van der Waals surface area (Å²) in [5, 5.41) is 9.92. The zero-order valence-corrected chi connectivity index (χ0v) is 13.0. The highest BCUT2D eigenvalue weighted by Crippen LogP contribution is 2.19. The molecule has 0 aliphatic rings. The molecule has 1 aromatic rings. The molecule has 1 atom stereocenters. The zero-order valence-electron chi connectivity index (χ0n) is 13.0. The van der Waals surface area contributed by atoms with Gasteiger partial charge in [-0.05, 0) is 33.9 Å². The molecule has 1 unspecified atom stereocenters. The van der Waals surface area contributed by atoms with Gasteiger partial charge >= 0.3 is 0 Å². The van der Waals surface area contributed by atoms with Gasteiger partial charge in [-0.15, -0.1) is 0 Å². The summed E-state index contributed by atoms with van der Waals surface area (Å²) < 4.78 is 11.0. The van der Waals surface area contributed by atoms with Crippen LogP contribution in [-0.2, 0) is 11.3 Å². The molecular formula is C16H27NO3. The number of rotatable bonds is 9. The maximum Gasteiger partial charge on any atom is 0.123 e. The summed E-state index contributed by atoms with van der Waals surface area (Å²) >= 11 is 0. The molecular weight excluding hydrogens is 254 g/mol. The molecule has 0 saturated carbocycles. The number of likely N-dealkylation sites (N-methyl/N-ethyl adjacent to an activating group) is 1. The number of aliphatic hydroxyl groups excluding tert-OH is 1. The van der Waals surface area contributed by atoms with Crippen LogP contribution in [0.1, 0.15) is 26.3 Å². The van der Waals surface area contributed by atoms with Crippen LogP contribution in [0.15, 0.2) is 24.3 Å². The minimum Gasteiger partial charge on any atom is -0.494 e. The van der Waals surface area contributed by atoms with Crippen LogP contribution in [0.4, 0.5) is 0 Å². The molecule has 114 valence electrons. The van der Waals surface area contributed by atoms with Crippen LogP contribution in [0.3, 0.4) is 0 Å². The van der Waals surface area contributed by atoms with Gasteiger partial charge in [0.1, 0.15) is 5.75 Å². The second-order valence-corrected chi connectivity index (χ2v) is 5.27. The fourth-order valence-electron chi connectivity index (χ4n) is 2.00. The lowest BCUT2D eigenvalue weighted by atomic mass is 10.2. The van der Waals surface area contributed by atoms with Crippen molar-refractivity contribution >= 4 is 0 Å². The van der Waals surface area contributed by atoms with E-state index in [4.69, 9.17) is 9.47 Å². The van der Waals surface area contributed by atoms with Crippen molar-refractivity contribution in [3.8, 4) is 5.75 Å². The van der Waals surface area contributed by atoms with Gasteiger partial charge in [-0.2, -0.15) is 0 Å². The highest BCUT2D eigenvalue weighted by molar-refractivity contribution is 5.33. The van der Waals surface area contributed by atoms with E-state index >= 15 is 0 Å². The second-order valence-electron chi connectivity index (χ2n) is 5.27. The Morgan fingerprint density at radius 3 is 2.60 bits per heavy atom. The Kier molecular flexibility index (Phi) is 7.59. The van der Waals surface area contributed by atoms with Gasteiger partial charge in [-0.3, -0.25) is 4.90 Å². The van der Waals surface area contributed by atoms with Crippen LogP contribution in [0.2, 0.25) is 0 Å². The Bertz CT molecular complexity index is 382. The molecule has 1 aromatic carbocycles. The van der Waals surface area contributed by atoms with Crippen LogP contribution in [-0.4, -0.2) is 49.0 Å². The molecule has 0 fully saturated rings. The molecule has 0 radical (unpaired) electrons. The summed E-state index contributed by atoms with van der Waals surface area (Å²) in [5.41, 5.74) is 1.13.